The maximum Gasteiger partial charge on any atom is 0.407 e. The third kappa shape index (κ3) is 4.23. The van der Waals surface area contributed by atoms with Crippen molar-refractivity contribution in [1.82, 2.24) is 5.32 Å². The first kappa shape index (κ1) is 16.8. The largest absolute Gasteiger partial charge is 0.444 e. The van der Waals surface area contributed by atoms with Crippen molar-refractivity contribution in [2.75, 3.05) is 6.54 Å². The summed E-state index contributed by atoms with van der Waals surface area (Å²) in [6, 6.07) is 8.42. The van der Waals surface area contributed by atoms with Gasteiger partial charge in [-0.1, -0.05) is 37.1 Å². The van der Waals surface area contributed by atoms with Gasteiger partial charge < -0.3 is 15.8 Å². The van der Waals surface area contributed by atoms with E-state index in [-0.39, 0.29) is 11.5 Å². The topological polar surface area (TPSA) is 64.3 Å². The fourth-order valence-corrected chi connectivity index (χ4v) is 3.16. The fourth-order valence-electron chi connectivity index (χ4n) is 3.16. The number of ether oxygens (including phenoxy) is 1. The van der Waals surface area contributed by atoms with Crippen LogP contribution >= 0.6 is 0 Å². The number of hydrogen-bond acceptors (Lipinski definition) is 3. The lowest BCUT2D eigenvalue weighted by atomic mass is 9.78. The van der Waals surface area contributed by atoms with Crippen molar-refractivity contribution in [2.24, 2.45) is 5.73 Å². The zero-order valence-corrected chi connectivity index (χ0v) is 13.9. The summed E-state index contributed by atoms with van der Waals surface area (Å²) in [5.41, 5.74) is 8.09. The summed E-state index contributed by atoms with van der Waals surface area (Å²) in [5.74, 6) is 0. The third-order valence-electron chi connectivity index (χ3n) is 4.33. The van der Waals surface area contributed by atoms with Crippen LogP contribution < -0.4 is 11.1 Å². The molecule has 3 N–H and O–H groups in total. The van der Waals surface area contributed by atoms with E-state index in [1.165, 1.54) is 18.4 Å². The average Bonchev–Trinajstić information content (AvgIpc) is 2.94. The number of carbonyl (C=O) groups is 1. The Morgan fingerprint density at radius 1 is 1.32 bits per heavy atom. The number of hydrogen-bond donors (Lipinski definition) is 2. The molecule has 1 aliphatic carbocycles. The van der Waals surface area contributed by atoms with Crippen LogP contribution in [0.15, 0.2) is 24.3 Å². The van der Waals surface area contributed by atoms with Crippen molar-refractivity contribution in [3.05, 3.63) is 35.4 Å². The monoisotopic (exact) mass is 304 g/mol. The molecular formula is C18H28N2O2. The van der Waals surface area contributed by atoms with Gasteiger partial charge >= 0.3 is 6.09 Å². The quantitative estimate of drug-likeness (QED) is 0.895. The van der Waals surface area contributed by atoms with Gasteiger partial charge in [-0.15, -0.1) is 0 Å². The Morgan fingerprint density at radius 2 is 2.00 bits per heavy atom. The zero-order valence-electron chi connectivity index (χ0n) is 13.9. The second-order valence-electron chi connectivity index (χ2n) is 7.25. The van der Waals surface area contributed by atoms with Crippen LogP contribution in [0.1, 0.15) is 57.6 Å². The highest BCUT2D eigenvalue weighted by Crippen LogP contribution is 2.40. The van der Waals surface area contributed by atoms with Crippen molar-refractivity contribution in [3.8, 4) is 0 Å². The zero-order chi connectivity index (χ0) is 16.2. The number of benzene rings is 1. The third-order valence-corrected chi connectivity index (χ3v) is 4.33. The Kier molecular flexibility index (Phi) is 5.12. The second-order valence-corrected chi connectivity index (χ2v) is 7.25. The molecule has 0 radical (unpaired) electrons. The normalized spacial score (nSPS) is 17.3. The molecule has 1 fully saturated rings. The summed E-state index contributed by atoms with van der Waals surface area (Å²) >= 11 is 0. The molecule has 1 amide bonds. The molecule has 22 heavy (non-hydrogen) atoms. The van der Waals surface area contributed by atoms with Crippen LogP contribution in [0.2, 0.25) is 0 Å². The van der Waals surface area contributed by atoms with Crippen LogP contribution in [-0.4, -0.2) is 18.2 Å². The van der Waals surface area contributed by atoms with Gasteiger partial charge in [0, 0.05) is 18.5 Å². The van der Waals surface area contributed by atoms with E-state index in [0.29, 0.717) is 13.1 Å². The van der Waals surface area contributed by atoms with Gasteiger partial charge in [-0.3, -0.25) is 0 Å². The summed E-state index contributed by atoms with van der Waals surface area (Å²) in [4.78, 5) is 11.7. The maximum absolute atomic E-state index is 11.7. The van der Waals surface area contributed by atoms with Gasteiger partial charge in [-0.05, 0) is 44.7 Å². The van der Waals surface area contributed by atoms with E-state index in [2.05, 4.69) is 23.5 Å². The predicted molar refractivity (Wildman–Crippen MR) is 88.7 cm³/mol. The minimum atomic E-state index is -0.473. The molecule has 0 saturated heterocycles. The number of carbonyl (C=O) groups excluding carboxylic acids is 1. The van der Waals surface area contributed by atoms with E-state index in [1.807, 2.05) is 26.8 Å². The van der Waals surface area contributed by atoms with Crippen molar-refractivity contribution >= 4 is 6.09 Å². The molecule has 1 aromatic rings. The van der Waals surface area contributed by atoms with Gasteiger partial charge in [0.2, 0.25) is 0 Å². The van der Waals surface area contributed by atoms with Gasteiger partial charge in [-0.2, -0.15) is 0 Å². The molecule has 1 aliphatic rings. The highest BCUT2D eigenvalue weighted by molar-refractivity contribution is 5.67. The van der Waals surface area contributed by atoms with Crippen molar-refractivity contribution < 1.29 is 9.53 Å². The predicted octanol–water partition coefficient (Wildman–Crippen LogP) is 3.48. The lowest BCUT2D eigenvalue weighted by Gasteiger charge is -2.28. The number of alkyl carbamates (subject to hydrolysis) is 1. The van der Waals surface area contributed by atoms with Gasteiger partial charge in [0.25, 0.3) is 0 Å². The van der Waals surface area contributed by atoms with Crippen LogP contribution in [-0.2, 0) is 16.7 Å². The molecule has 0 atom stereocenters. The van der Waals surface area contributed by atoms with E-state index < -0.39 is 5.60 Å². The molecular weight excluding hydrogens is 276 g/mol. The SMILES string of the molecule is CC(C)(C)OC(=O)NCc1cccc(C2(CN)CCCC2)c1. The molecule has 4 nitrogen and oxygen atoms in total. The summed E-state index contributed by atoms with van der Waals surface area (Å²) in [6.45, 7) is 6.74. The first-order chi connectivity index (χ1) is 10.3. The standard InChI is InChI=1S/C18H28N2O2/c1-17(2,3)22-16(21)20-12-14-7-6-8-15(11-14)18(13-19)9-4-5-10-18/h6-8,11H,4-5,9-10,12-13,19H2,1-3H3,(H,20,21). The highest BCUT2D eigenvalue weighted by atomic mass is 16.6. The Bertz CT molecular complexity index is 514. The highest BCUT2D eigenvalue weighted by Gasteiger charge is 2.34. The van der Waals surface area contributed by atoms with Crippen molar-refractivity contribution in [3.63, 3.8) is 0 Å². The first-order valence-electron chi connectivity index (χ1n) is 8.11. The fraction of sp³-hybridized carbons (Fsp3) is 0.611. The van der Waals surface area contributed by atoms with Crippen molar-refractivity contribution in [2.45, 2.75) is 64.0 Å². The maximum atomic E-state index is 11.7. The summed E-state index contributed by atoms with van der Waals surface area (Å²) in [7, 11) is 0. The molecule has 0 spiro atoms. The molecule has 0 bridgehead atoms. The molecule has 1 aromatic carbocycles. The summed E-state index contributed by atoms with van der Waals surface area (Å²) in [6.07, 6.45) is 4.43. The Hall–Kier alpha value is -1.55. The van der Waals surface area contributed by atoms with Crippen LogP contribution in [0.25, 0.3) is 0 Å². The molecule has 122 valence electrons. The Morgan fingerprint density at radius 3 is 2.59 bits per heavy atom. The number of rotatable bonds is 4. The van der Waals surface area contributed by atoms with E-state index >= 15 is 0 Å². The van der Waals surface area contributed by atoms with E-state index in [1.54, 1.807) is 0 Å². The summed E-state index contributed by atoms with van der Waals surface area (Å²) in [5, 5.41) is 2.81. The molecule has 4 heteroatoms. The molecule has 0 unspecified atom stereocenters. The van der Waals surface area contributed by atoms with E-state index in [9.17, 15) is 4.79 Å². The first-order valence-corrected chi connectivity index (χ1v) is 8.11. The average molecular weight is 304 g/mol. The van der Waals surface area contributed by atoms with Crippen molar-refractivity contribution in [1.29, 1.82) is 0 Å². The van der Waals surface area contributed by atoms with Crippen LogP contribution in [0.3, 0.4) is 0 Å². The summed E-state index contributed by atoms with van der Waals surface area (Å²) < 4.78 is 5.26. The van der Waals surface area contributed by atoms with Gasteiger partial charge in [0.1, 0.15) is 5.60 Å². The minimum Gasteiger partial charge on any atom is -0.444 e. The van der Waals surface area contributed by atoms with Gasteiger partial charge in [0.15, 0.2) is 0 Å². The lowest BCUT2D eigenvalue weighted by molar-refractivity contribution is 0.0523. The van der Waals surface area contributed by atoms with Gasteiger partial charge in [0.05, 0.1) is 0 Å². The number of nitrogens with two attached hydrogens (primary N) is 1. The smallest absolute Gasteiger partial charge is 0.407 e. The van der Waals surface area contributed by atoms with Crippen LogP contribution in [0, 0.1) is 0 Å². The Balaban J connectivity index is 2.01. The van der Waals surface area contributed by atoms with Gasteiger partial charge in [-0.25, -0.2) is 4.79 Å². The number of nitrogens with one attached hydrogen (secondary N) is 1. The second kappa shape index (κ2) is 6.69. The van der Waals surface area contributed by atoms with Crippen LogP contribution in [0.5, 0.6) is 0 Å². The molecule has 2 rings (SSSR count). The molecule has 1 saturated carbocycles. The minimum absolute atomic E-state index is 0.127. The molecule has 0 heterocycles. The van der Waals surface area contributed by atoms with E-state index in [4.69, 9.17) is 10.5 Å². The lowest BCUT2D eigenvalue weighted by Crippen LogP contribution is -2.33. The van der Waals surface area contributed by atoms with Crippen LogP contribution in [0.4, 0.5) is 4.79 Å². The molecule has 0 aliphatic heterocycles. The molecule has 0 aromatic heterocycles. The number of amides is 1. The Labute approximate surface area is 133 Å². The van der Waals surface area contributed by atoms with E-state index in [0.717, 1.165) is 18.4 Å².